The van der Waals surface area contributed by atoms with Gasteiger partial charge in [-0.2, -0.15) is 0 Å². The number of nitrogens with zero attached hydrogens (tertiary/aromatic N) is 4. The molecule has 0 amide bonds. The van der Waals surface area contributed by atoms with Crippen LogP contribution in [0.25, 0.3) is 11.0 Å². The van der Waals surface area contributed by atoms with Crippen LogP contribution in [-0.2, 0) is 11.2 Å². The van der Waals surface area contributed by atoms with E-state index in [-0.39, 0.29) is 12.1 Å². The van der Waals surface area contributed by atoms with Crippen LogP contribution in [0.2, 0.25) is 0 Å². The first kappa shape index (κ1) is 26.9. The molecule has 0 bridgehead atoms. The van der Waals surface area contributed by atoms with Crippen LogP contribution in [-0.4, -0.2) is 59.2 Å². The van der Waals surface area contributed by atoms with Gasteiger partial charge in [0.2, 0.25) is 12.2 Å². The first-order valence-corrected chi connectivity index (χ1v) is 13.9. The largest absolute Gasteiger partial charge is 0.459 e. The zero-order chi connectivity index (χ0) is 27.2. The average Bonchev–Trinajstić information content (AvgIpc) is 3.32. The molecule has 1 aliphatic heterocycles. The van der Waals surface area contributed by atoms with E-state index in [0.717, 1.165) is 63.0 Å². The Hall–Kier alpha value is -3.71. The van der Waals surface area contributed by atoms with E-state index in [1.807, 2.05) is 92.7 Å². The van der Waals surface area contributed by atoms with Gasteiger partial charge in [-0.05, 0) is 76.0 Å². The molecule has 6 nitrogen and oxygen atoms in total. The van der Waals surface area contributed by atoms with E-state index in [1.54, 1.807) is 4.57 Å². The summed E-state index contributed by atoms with van der Waals surface area (Å²) in [6, 6.07) is 24.9. The Morgan fingerprint density at radius 2 is 1.56 bits per heavy atom. The highest BCUT2D eigenvalue weighted by Gasteiger charge is 2.25. The van der Waals surface area contributed by atoms with Gasteiger partial charge in [-0.1, -0.05) is 54.6 Å². The molecule has 1 unspecified atom stereocenters. The SMILES string of the molecule is CC(C)OC(=O)c1ccc(CCN2CCCN(c3nc4ccccc4n3C(F)c3ccccc3)CCC2)cc1. The number of hydrogen-bond acceptors (Lipinski definition) is 5. The molecule has 1 aliphatic rings. The fourth-order valence-corrected chi connectivity index (χ4v) is 5.23. The van der Waals surface area contributed by atoms with E-state index in [4.69, 9.17) is 9.72 Å². The van der Waals surface area contributed by atoms with E-state index in [0.29, 0.717) is 17.1 Å². The normalized spacial score (nSPS) is 15.7. The van der Waals surface area contributed by atoms with Crippen molar-refractivity contribution in [2.24, 2.45) is 0 Å². The van der Waals surface area contributed by atoms with Gasteiger partial charge in [-0.25, -0.2) is 14.2 Å². The molecule has 1 fully saturated rings. The van der Waals surface area contributed by atoms with Gasteiger partial charge in [0.1, 0.15) is 0 Å². The number of carbonyl (C=O) groups is 1. The molecular formula is C32H37FN4O2. The lowest BCUT2D eigenvalue weighted by atomic mass is 10.1. The summed E-state index contributed by atoms with van der Waals surface area (Å²) in [6.07, 6.45) is 1.46. The Morgan fingerprint density at radius 3 is 2.26 bits per heavy atom. The number of hydrogen-bond donors (Lipinski definition) is 0. The molecule has 1 atom stereocenters. The van der Waals surface area contributed by atoms with E-state index in [2.05, 4.69) is 9.80 Å². The molecular weight excluding hydrogens is 491 g/mol. The van der Waals surface area contributed by atoms with E-state index in [9.17, 15) is 4.79 Å². The van der Waals surface area contributed by atoms with Gasteiger partial charge in [0.25, 0.3) is 0 Å². The van der Waals surface area contributed by atoms with Crippen molar-refractivity contribution in [1.82, 2.24) is 14.5 Å². The number of benzene rings is 3. The van der Waals surface area contributed by atoms with Crippen LogP contribution in [0.5, 0.6) is 0 Å². The topological polar surface area (TPSA) is 50.6 Å². The lowest BCUT2D eigenvalue weighted by Crippen LogP contribution is -2.38. The third-order valence-electron chi connectivity index (χ3n) is 7.22. The fraction of sp³-hybridized carbons (Fsp3) is 0.375. The number of ether oxygens (including phenoxy) is 1. The quantitative estimate of drug-likeness (QED) is 0.253. The Morgan fingerprint density at radius 1 is 0.897 bits per heavy atom. The van der Waals surface area contributed by atoms with Crippen LogP contribution in [0.1, 0.15) is 54.5 Å². The van der Waals surface area contributed by atoms with Crippen LogP contribution < -0.4 is 4.90 Å². The van der Waals surface area contributed by atoms with Gasteiger partial charge in [0, 0.05) is 25.2 Å². The Bertz CT molecular complexity index is 1360. The minimum absolute atomic E-state index is 0.124. The number of fused-ring (bicyclic) bond motifs is 1. The summed E-state index contributed by atoms with van der Waals surface area (Å²) in [5.41, 5.74) is 4.07. The molecule has 7 heteroatoms. The van der Waals surface area contributed by atoms with Gasteiger partial charge in [0.05, 0.1) is 22.7 Å². The van der Waals surface area contributed by atoms with Crippen LogP contribution in [0, 0.1) is 0 Å². The van der Waals surface area contributed by atoms with Crippen molar-refractivity contribution in [1.29, 1.82) is 0 Å². The number of esters is 1. The number of alkyl halides is 1. The highest BCUT2D eigenvalue weighted by molar-refractivity contribution is 5.89. The second-order valence-electron chi connectivity index (χ2n) is 10.5. The zero-order valence-corrected chi connectivity index (χ0v) is 22.8. The second kappa shape index (κ2) is 12.4. The molecule has 1 saturated heterocycles. The average molecular weight is 529 g/mol. The Labute approximate surface area is 230 Å². The first-order chi connectivity index (χ1) is 19.0. The number of aromatic nitrogens is 2. The molecule has 0 saturated carbocycles. The molecule has 39 heavy (non-hydrogen) atoms. The van der Waals surface area contributed by atoms with Crippen molar-refractivity contribution in [2.75, 3.05) is 37.6 Å². The van der Waals surface area contributed by atoms with Crippen LogP contribution in [0.15, 0.2) is 78.9 Å². The standard InChI is InChI=1S/C32H37FN4O2/c1-24(2)39-31(38)27-16-14-25(15-17-27)18-23-35-19-8-21-36(22-9-20-35)32-34-28-12-6-7-13-29(28)37(32)30(33)26-10-4-3-5-11-26/h3-7,10-17,24,30H,8-9,18-23H2,1-2H3. The number of rotatable bonds is 8. The zero-order valence-electron chi connectivity index (χ0n) is 22.8. The summed E-state index contributed by atoms with van der Waals surface area (Å²) >= 11 is 0. The van der Waals surface area contributed by atoms with E-state index >= 15 is 4.39 Å². The van der Waals surface area contributed by atoms with Crippen molar-refractivity contribution in [3.63, 3.8) is 0 Å². The number of carbonyl (C=O) groups excluding carboxylic acids is 1. The smallest absolute Gasteiger partial charge is 0.338 e. The van der Waals surface area contributed by atoms with Crippen LogP contribution in [0.3, 0.4) is 0 Å². The van der Waals surface area contributed by atoms with Crippen LogP contribution >= 0.6 is 0 Å². The predicted molar refractivity (Wildman–Crippen MR) is 154 cm³/mol. The number of halogens is 1. The highest BCUT2D eigenvalue weighted by Crippen LogP contribution is 2.32. The lowest BCUT2D eigenvalue weighted by Gasteiger charge is -2.31. The van der Waals surface area contributed by atoms with Gasteiger partial charge in [-0.3, -0.25) is 4.57 Å². The summed E-state index contributed by atoms with van der Waals surface area (Å²) in [7, 11) is 0. The van der Waals surface area contributed by atoms with Crippen molar-refractivity contribution < 1.29 is 13.9 Å². The Kier molecular flexibility index (Phi) is 8.57. The molecule has 0 aliphatic carbocycles. The molecule has 1 aromatic heterocycles. The maximum absolute atomic E-state index is 15.9. The van der Waals surface area contributed by atoms with Gasteiger partial charge < -0.3 is 14.5 Å². The van der Waals surface area contributed by atoms with Crippen molar-refractivity contribution in [3.8, 4) is 0 Å². The number of imidazole rings is 1. The third kappa shape index (κ3) is 6.48. The van der Waals surface area contributed by atoms with Crippen molar-refractivity contribution in [3.05, 3.63) is 95.6 Å². The van der Waals surface area contributed by atoms with E-state index in [1.165, 1.54) is 5.56 Å². The minimum Gasteiger partial charge on any atom is -0.459 e. The van der Waals surface area contributed by atoms with E-state index < -0.39 is 6.30 Å². The van der Waals surface area contributed by atoms with Gasteiger partial charge in [-0.15, -0.1) is 0 Å². The van der Waals surface area contributed by atoms with Crippen molar-refractivity contribution >= 4 is 23.0 Å². The maximum atomic E-state index is 15.9. The fourth-order valence-electron chi connectivity index (χ4n) is 5.23. The molecule has 4 aromatic rings. The first-order valence-electron chi connectivity index (χ1n) is 13.9. The summed E-state index contributed by atoms with van der Waals surface area (Å²) in [4.78, 5) is 21.7. The summed E-state index contributed by atoms with van der Waals surface area (Å²) < 4.78 is 23.0. The molecule has 2 heterocycles. The molecule has 0 spiro atoms. The summed E-state index contributed by atoms with van der Waals surface area (Å²) in [5, 5.41) is 0. The van der Waals surface area contributed by atoms with Crippen LogP contribution in [0.4, 0.5) is 10.3 Å². The van der Waals surface area contributed by atoms with Gasteiger partial charge in [0.15, 0.2) is 0 Å². The Balaban J connectivity index is 1.22. The van der Waals surface area contributed by atoms with Gasteiger partial charge >= 0.3 is 5.97 Å². The molecule has 3 aromatic carbocycles. The molecule has 0 N–H and O–H groups in total. The predicted octanol–water partition coefficient (Wildman–Crippen LogP) is 6.26. The molecule has 204 valence electrons. The highest BCUT2D eigenvalue weighted by atomic mass is 19.1. The third-order valence-corrected chi connectivity index (χ3v) is 7.22. The summed E-state index contributed by atoms with van der Waals surface area (Å²) in [5.74, 6) is 0.429. The lowest BCUT2D eigenvalue weighted by molar-refractivity contribution is 0.0378. The summed E-state index contributed by atoms with van der Waals surface area (Å²) in [6.45, 7) is 8.29. The minimum atomic E-state index is -1.30. The number of para-hydroxylation sites is 2. The molecule has 0 radical (unpaired) electrons. The maximum Gasteiger partial charge on any atom is 0.338 e. The monoisotopic (exact) mass is 528 g/mol. The van der Waals surface area contributed by atoms with Crippen molar-refractivity contribution in [2.45, 2.75) is 45.5 Å². The molecule has 5 rings (SSSR count). The number of anilines is 1. The second-order valence-corrected chi connectivity index (χ2v) is 10.5.